The molecular formula is C11H12FNO. The van der Waals surface area contributed by atoms with Gasteiger partial charge in [0.25, 0.3) is 0 Å². The maximum atomic E-state index is 13.1. The number of halogens is 1. The molecule has 0 heterocycles. The van der Waals surface area contributed by atoms with Crippen LogP contribution in [0.5, 0.6) is 0 Å². The minimum atomic E-state index is -0.449. The van der Waals surface area contributed by atoms with Crippen LogP contribution >= 0.6 is 0 Å². The summed E-state index contributed by atoms with van der Waals surface area (Å²) in [5.74, 6) is -0.291. The number of nitrogens with zero attached hydrogens (tertiary/aromatic N) is 1. The SMILES string of the molecule is CCC(C#N)OCc1ccccc1F. The average Bonchev–Trinajstić information content (AvgIpc) is 2.22. The van der Waals surface area contributed by atoms with Gasteiger partial charge >= 0.3 is 0 Å². The molecule has 0 saturated heterocycles. The van der Waals surface area contributed by atoms with Gasteiger partial charge < -0.3 is 4.74 Å². The summed E-state index contributed by atoms with van der Waals surface area (Å²) < 4.78 is 18.3. The minimum Gasteiger partial charge on any atom is -0.359 e. The first-order valence-electron chi connectivity index (χ1n) is 4.52. The van der Waals surface area contributed by atoms with Gasteiger partial charge in [-0.05, 0) is 12.5 Å². The standard InChI is InChI=1S/C11H12FNO/c1-2-10(7-13)14-8-9-5-3-4-6-11(9)12/h3-6,10H,2,8H2,1H3. The summed E-state index contributed by atoms with van der Waals surface area (Å²) in [5, 5.41) is 8.60. The molecule has 0 radical (unpaired) electrons. The fourth-order valence-corrected chi connectivity index (χ4v) is 1.05. The second kappa shape index (κ2) is 5.36. The zero-order valence-corrected chi connectivity index (χ0v) is 8.03. The van der Waals surface area contributed by atoms with Gasteiger partial charge in [-0.25, -0.2) is 4.39 Å². The Labute approximate surface area is 82.9 Å². The predicted octanol–water partition coefficient (Wildman–Crippen LogP) is 2.64. The Hall–Kier alpha value is -1.40. The lowest BCUT2D eigenvalue weighted by Gasteiger charge is -2.08. The molecule has 0 aromatic heterocycles. The number of ether oxygens (including phenoxy) is 1. The van der Waals surface area contributed by atoms with Crippen LogP contribution in [0.25, 0.3) is 0 Å². The quantitative estimate of drug-likeness (QED) is 0.736. The average molecular weight is 193 g/mol. The van der Waals surface area contributed by atoms with Crippen molar-refractivity contribution in [1.29, 1.82) is 5.26 Å². The number of benzene rings is 1. The van der Waals surface area contributed by atoms with Crippen molar-refractivity contribution in [3.8, 4) is 6.07 Å². The monoisotopic (exact) mass is 193 g/mol. The van der Waals surface area contributed by atoms with Crippen molar-refractivity contribution in [2.45, 2.75) is 26.1 Å². The highest BCUT2D eigenvalue weighted by atomic mass is 19.1. The third-order valence-electron chi connectivity index (χ3n) is 1.91. The van der Waals surface area contributed by atoms with E-state index in [9.17, 15) is 4.39 Å². The lowest BCUT2D eigenvalue weighted by Crippen LogP contribution is -2.09. The van der Waals surface area contributed by atoms with Crippen LogP contribution in [0.1, 0.15) is 18.9 Å². The summed E-state index contributed by atoms with van der Waals surface area (Å²) in [4.78, 5) is 0. The summed E-state index contributed by atoms with van der Waals surface area (Å²) in [6, 6.07) is 8.40. The van der Waals surface area contributed by atoms with Crippen LogP contribution < -0.4 is 0 Å². The molecule has 0 bridgehead atoms. The van der Waals surface area contributed by atoms with E-state index in [2.05, 4.69) is 0 Å². The van der Waals surface area contributed by atoms with E-state index in [0.717, 1.165) is 0 Å². The van der Waals surface area contributed by atoms with Gasteiger partial charge in [0.1, 0.15) is 11.9 Å². The van der Waals surface area contributed by atoms with E-state index >= 15 is 0 Å². The van der Waals surface area contributed by atoms with Crippen LogP contribution in [0.15, 0.2) is 24.3 Å². The Bertz CT molecular complexity index is 332. The first-order valence-corrected chi connectivity index (χ1v) is 4.52. The second-order valence-electron chi connectivity index (χ2n) is 2.93. The molecule has 0 aliphatic heterocycles. The van der Waals surface area contributed by atoms with E-state index in [1.807, 2.05) is 13.0 Å². The maximum Gasteiger partial charge on any atom is 0.144 e. The van der Waals surface area contributed by atoms with Crippen molar-refractivity contribution >= 4 is 0 Å². The van der Waals surface area contributed by atoms with Crippen LogP contribution in [-0.2, 0) is 11.3 Å². The number of hydrogen-bond acceptors (Lipinski definition) is 2. The Morgan fingerprint density at radius 1 is 1.50 bits per heavy atom. The minimum absolute atomic E-state index is 0.152. The van der Waals surface area contributed by atoms with Gasteiger partial charge in [-0.1, -0.05) is 25.1 Å². The van der Waals surface area contributed by atoms with Gasteiger partial charge in [0.2, 0.25) is 0 Å². The summed E-state index contributed by atoms with van der Waals surface area (Å²) in [6.07, 6.45) is 0.167. The fourth-order valence-electron chi connectivity index (χ4n) is 1.05. The van der Waals surface area contributed by atoms with Crippen molar-refractivity contribution in [3.63, 3.8) is 0 Å². The first kappa shape index (κ1) is 10.7. The molecule has 1 atom stereocenters. The van der Waals surface area contributed by atoms with Crippen LogP contribution in [-0.4, -0.2) is 6.10 Å². The molecule has 74 valence electrons. The van der Waals surface area contributed by atoms with Crippen LogP contribution in [0.4, 0.5) is 4.39 Å². The Morgan fingerprint density at radius 2 is 2.21 bits per heavy atom. The molecule has 0 fully saturated rings. The molecule has 0 saturated carbocycles. The summed E-state index contributed by atoms with van der Waals surface area (Å²) >= 11 is 0. The fraction of sp³-hybridized carbons (Fsp3) is 0.364. The van der Waals surface area contributed by atoms with Crippen molar-refractivity contribution < 1.29 is 9.13 Å². The summed E-state index contributed by atoms with van der Waals surface area (Å²) in [5.41, 5.74) is 0.487. The Kier molecular flexibility index (Phi) is 4.09. The molecule has 0 amide bonds. The zero-order chi connectivity index (χ0) is 10.4. The second-order valence-corrected chi connectivity index (χ2v) is 2.93. The van der Waals surface area contributed by atoms with E-state index in [1.54, 1.807) is 18.2 Å². The summed E-state index contributed by atoms with van der Waals surface area (Å²) in [6.45, 7) is 2.01. The van der Waals surface area contributed by atoms with Crippen molar-refractivity contribution in [1.82, 2.24) is 0 Å². The molecular weight excluding hydrogens is 181 g/mol. The molecule has 14 heavy (non-hydrogen) atoms. The van der Waals surface area contributed by atoms with Crippen LogP contribution in [0.2, 0.25) is 0 Å². The number of nitriles is 1. The van der Waals surface area contributed by atoms with Gasteiger partial charge in [-0.3, -0.25) is 0 Å². The van der Waals surface area contributed by atoms with Crippen molar-refractivity contribution in [2.75, 3.05) is 0 Å². The van der Waals surface area contributed by atoms with E-state index in [0.29, 0.717) is 12.0 Å². The largest absolute Gasteiger partial charge is 0.359 e. The molecule has 1 aromatic carbocycles. The molecule has 1 unspecified atom stereocenters. The van der Waals surface area contributed by atoms with Gasteiger partial charge in [-0.2, -0.15) is 5.26 Å². The first-order chi connectivity index (χ1) is 6.77. The molecule has 0 spiro atoms. The summed E-state index contributed by atoms with van der Waals surface area (Å²) in [7, 11) is 0. The predicted molar refractivity (Wildman–Crippen MR) is 50.9 cm³/mol. The zero-order valence-electron chi connectivity index (χ0n) is 8.03. The third-order valence-corrected chi connectivity index (χ3v) is 1.91. The highest BCUT2D eigenvalue weighted by Gasteiger charge is 2.06. The molecule has 0 aliphatic rings. The Balaban J connectivity index is 2.54. The van der Waals surface area contributed by atoms with Crippen LogP contribution in [0.3, 0.4) is 0 Å². The molecule has 1 aromatic rings. The molecule has 0 aliphatic carbocycles. The molecule has 3 heteroatoms. The maximum absolute atomic E-state index is 13.1. The normalized spacial score (nSPS) is 12.1. The highest BCUT2D eigenvalue weighted by Crippen LogP contribution is 2.09. The Morgan fingerprint density at radius 3 is 2.79 bits per heavy atom. The number of rotatable bonds is 4. The topological polar surface area (TPSA) is 33.0 Å². The van der Waals surface area contributed by atoms with Gasteiger partial charge in [0, 0.05) is 5.56 Å². The lowest BCUT2D eigenvalue weighted by atomic mass is 10.2. The molecule has 2 nitrogen and oxygen atoms in total. The third kappa shape index (κ3) is 2.82. The van der Waals surface area contributed by atoms with E-state index in [4.69, 9.17) is 10.00 Å². The molecule has 1 rings (SSSR count). The van der Waals surface area contributed by atoms with Gasteiger partial charge in [0.05, 0.1) is 12.7 Å². The van der Waals surface area contributed by atoms with Gasteiger partial charge in [-0.15, -0.1) is 0 Å². The van der Waals surface area contributed by atoms with E-state index in [1.165, 1.54) is 6.07 Å². The van der Waals surface area contributed by atoms with Crippen molar-refractivity contribution in [3.05, 3.63) is 35.6 Å². The van der Waals surface area contributed by atoms with E-state index < -0.39 is 6.10 Å². The lowest BCUT2D eigenvalue weighted by molar-refractivity contribution is 0.0726. The van der Waals surface area contributed by atoms with E-state index in [-0.39, 0.29) is 12.4 Å². The van der Waals surface area contributed by atoms with Crippen LogP contribution in [0, 0.1) is 17.1 Å². The smallest absolute Gasteiger partial charge is 0.144 e. The highest BCUT2D eigenvalue weighted by molar-refractivity contribution is 5.16. The van der Waals surface area contributed by atoms with Crippen molar-refractivity contribution in [2.24, 2.45) is 0 Å². The van der Waals surface area contributed by atoms with Gasteiger partial charge in [0.15, 0.2) is 0 Å². The molecule has 0 N–H and O–H groups in total. The number of hydrogen-bond donors (Lipinski definition) is 0.